The molecular weight excluding hydrogens is 200 g/mol. The highest BCUT2D eigenvalue weighted by Crippen LogP contribution is 2.47. The van der Waals surface area contributed by atoms with E-state index in [9.17, 15) is 5.11 Å². The molecule has 3 nitrogen and oxygen atoms in total. The summed E-state index contributed by atoms with van der Waals surface area (Å²) >= 11 is 0. The van der Waals surface area contributed by atoms with Gasteiger partial charge in [0.1, 0.15) is 17.1 Å². The van der Waals surface area contributed by atoms with Gasteiger partial charge in [-0.3, -0.25) is 0 Å². The van der Waals surface area contributed by atoms with E-state index in [4.69, 9.17) is 4.98 Å². The summed E-state index contributed by atoms with van der Waals surface area (Å²) < 4.78 is 2.29. The van der Waals surface area contributed by atoms with Crippen LogP contribution >= 0.6 is 0 Å². The maximum absolute atomic E-state index is 9.98. The Morgan fingerprint density at radius 1 is 1.19 bits per heavy atom. The summed E-state index contributed by atoms with van der Waals surface area (Å²) in [5.74, 6) is 2.23. The number of benzene rings is 1. The molecular formula is C13H14N2O. The highest BCUT2D eigenvalue weighted by atomic mass is 16.3. The molecule has 1 aromatic carbocycles. The number of aromatic hydroxyl groups is 1. The molecule has 0 unspecified atom stereocenters. The SMILES string of the molecule is Oc1cccc2nc(C3CC3)n(C3CC3)c12. The Morgan fingerprint density at radius 3 is 2.69 bits per heavy atom. The summed E-state index contributed by atoms with van der Waals surface area (Å²) in [6, 6.07) is 6.23. The van der Waals surface area contributed by atoms with Gasteiger partial charge in [0.25, 0.3) is 0 Å². The van der Waals surface area contributed by atoms with Gasteiger partial charge >= 0.3 is 0 Å². The van der Waals surface area contributed by atoms with Gasteiger partial charge < -0.3 is 9.67 Å². The zero-order chi connectivity index (χ0) is 10.7. The molecule has 0 bridgehead atoms. The van der Waals surface area contributed by atoms with Gasteiger partial charge in [-0.05, 0) is 37.8 Å². The zero-order valence-corrected chi connectivity index (χ0v) is 9.06. The van der Waals surface area contributed by atoms with E-state index in [0.717, 1.165) is 11.0 Å². The van der Waals surface area contributed by atoms with Crippen LogP contribution in [0.25, 0.3) is 11.0 Å². The van der Waals surface area contributed by atoms with Crippen LogP contribution in [0.2, 0.25) is 0 Å². The van der Waals surface area contributed by atoms with Gasteiger partial charge in [0.05, 0.1) is 5.52 Å². The van der Waals surface area contributed by atoms with Gasteiger partial charge in [-0.1, -0.05) is 6.07 Å². The van der Waals surface area contributed by atoms with E-state index >= 15 is 0 Å². The number of phenols is 1. The van der Waals surface area contributed by atoms with Crippen molar-refractivity contribution in [3.8, 4) is 5.75 Å². The number of rotatable bonds is 2. The Labute approximate surface area is 93.7 Å². The van der Waals surface area contributed by atoms with Crippen LogP contribution in [-0.2, 0) is 0 Å². The van der Waals surface area contributed by atoms with Crippen molar-refractivity contribution in [2.45, 2.75) is 37.6 Å². The first-order valence-electron chi connectivity index (χ1n) is 6.04. The molecule has 0 spiro atoms. The van der Waals surface area contributed by atoms with E-state index in [0.29, 0.717) is 17.7 Å². The molecule has 2 fully saturated rings. The molecule has 1 N–H and O–H groups in total. The number of imidazole rings is 1. The third-order valence-electron chi connectivity index (χ3n) is 3.57. The van der Waals surface area contributed by atoms with Crippen LogP contribution in [0, 0.1) is 0 Å². The second kappa shape index (κ2) is 2.78. The average Bonchev–Trinajstić information content (AvgIpc) is 3.16. The maximum Gasteiger partial charge on any atom is 0.141 e. The summed E-state index contributed by atoms with van der Waals surface area (Å²) in [6.07, 6.45) is 4.99. The normalized spacial score (nSPS) is 20.5. The summed E-state index contributed by atoms with van der Waals surface area (Å²) in [7, 11) is 0. The fourth-order valence-electron chi connectivity index (χ4n) is 2.48. The van der Waals surface area contributed by atoms with Gasteiger partial charge in [-0.25, -0.2) is 4.98 Å². The average molecular weight is 214 g/mol. The summed E-state index contributed by atoms with van der Waals surface area (Å²) in [4.78, 5) is 4.70. The van der Waals surface area contributed by atoms with Crippen LogP contribution in [-0.4, -0.2) is 14.7 Å². The Kier molecular flexibility index (Phi) is 1.50. The number of hydrogen-bond donors (Lipinski definition) is 1. The fourth-order valence-corrected chi connectivity index (χ4v) is 2.48. The number of fused-ring (bicyclic) bond motifs is 1. The Bertz CT molecular complexity index is 565. The molecule has 4 rings (SSSR count). The van der Waals surface area contributed by atoms with Crippen LogP contribution in [0.3, 0.4) is 0 Å². The molecule has 0 aliphatic heterocycles. The van der Waals surface area contributed by atoms with Gasteiger partial charge in [0, 0.05) is 12.0 Å². The maximum atomic E-state index is 9.98. The van der Waals surface area contributed by atoms with Crippen LogP contribution in [0.5, 0.6) is 5.75 Å². The number of hydrogen-bond acceptors (Lipinski definition) is 2. The molecule has 82 valence electrons. The number of phenolic OH excluding ortho intramolecular Hbond substituents is 1. The van der Waals surface area contributed by atoms with Crippen LogP contribution in [0.4, 0.5) is 0 Å². The third-order valence-corrected chi connectivity index (χ3v) is 3.57. The van der Waals surface area contributed by atoms with Crippen molar-refractivity contribution in [2.24, 2.45) is 0 Å². The van der Waals surface area contributed by atoms with Crippen molar-refractivity contribution >= 4 is 11.0 Å². The van der Waals surface area contributed by atoms with Crippen LogP contribution < -0.4 is 0 Å². The first-order chi connectivity index (χ1) is 7.84. The molecule has 0 atom stereocenters. The lowest BCUT2D eigenvalue weighted by atomic mass is 10.3. The molecule has 2 aromatic rings. The van der Waals surface area contributed by atoms with E-state index in [1.165, 1.54) is 31.5 Å². The van der Waals surface area contributed by atoms with Crippen molar-refractivity contribution in [2.75, 3.05) is 0 Å². The second-order valence-electron chi connectivity index (χ2n) is 4.99. The van der Waals surface area contributed by atoms with Crippen molar-refractivity contribution in [3.63, 3.8) is 0 Å². The van der Waals surface area contributed by atoms with Crippen LogP contribution in [0.1, 0.15) is 43.5 Å². The predicted octanol–water partition coefficient (Wildman–Crippen LogP) is 2.95. The third kappa shape index (κ3) is 1.11. The Balaban J connectivity index is 2.05. The van der Waals surface area contributed by atoms with Crippen molar-refractivity contribution < 1.29 is 5.11 Å². The van der Waals surface area contributed by atoms with E-state index in [2.05, 4.69) is 4.57 Å². The van der Waals surface area contributed by atoms with Crippen molar-refractivity contribution in [1.29, 1.82) is 0 Å². The predicted molar refractivity (Wildman–Crippen MR) is 61.6 cm³/mol. The van der Waals surface area contributed by atoms with Gasteiger partial charge in [0.2, 0.25) is 0 Å². The van der Waals surface area contributed by atoms with E-state index in [1.807, 2.05) is 12.1 Å². The highest BCUT2D eigenvalue weighted by molar-refractivity contribution is 5.82. The number of nitrogens with zero attached hydrogens (tertiary/aromatic N) is 2. The van der Waals surface area contributed by atoms with E-state index in [1.54, 1.807) is 6.07 Å². The van der Waals surface area contributed by atoms with Gasteiger partial charge in [-0.2, -0.15) is 0 Å². The minimum Gasteiger partial charge on any atom is -0.506 e. The van der Waals surface area contributed by atoms with Crippen LogP contribution in [0.15, 0.2) is 18.2 Å². The lowest BCUT2D eigenvalue weighted by Crippen LogP contribution is -1.99. The highest BCUT2D eigenvalue weighted by Gasteiger charge is 2.35. The molecule has 0 saturated heterocycles. The zero-order valence-electron chi connectivity index (χ0n) is 9.06. The standard InChI is InChI=1S/C13H14N2O/c16-11-3-1-2-10-12(11)15(9-6-7-9)13(14-10)8-4-5-8/h1-3,8-9,16H,4-7H2. The van der Waals surface area contributed by atoms with E-state index in [-0.39, 0.29) is 0 Å². The largest absolute Gasteiger partial charge is 0.506 e. The van der Waals surface area contributed by atoms with Gasteiger partial charge in [-0.15, -0.1) is 0 Å². The van der Waals surface area contributed by atoms with Gasteiger partial charge in [0.15, 0.2) is 0 Å². The Hall–Kier alpha value is -1.51. The first-order valence-corrected chi connectivity index (χ1v) is 6.04. The summed E-state index contributed by atoms with van der Waals surface area (Å²) in [5.41, 5.74) is 1.90. The lowest BCUT2D eigenvalue weighted by molar-refractivity contribution is 0.477. The smallest absolute Gasteiger partial charge is 0.141 e. The first kappa shape index (κ1) is 8.62. The molecule has 16 heavy (non-hydrogen) atoms. The minimum absolute atomic E-state index is 0.379. The molecule has 3 heteroatoms. The Morgan fingerprint density at radius 2 is 2.00 bits per heavy atom. The number of para-hydroxylation sites is 1. The molecule has 2 saturated carbocycles. The molecule has 0 amide bonds. The van der Waals surface area contributed by atoms with E-state index < -0.39 is 0 Å². The molecule has 2 aliphatic rings. The second-order valence-corrected chi connectivity index (χ2v) is 4.99. The quantitative estimate of drug-likeness (QED) is 0.834. The number of aromatic nitrogens is 2. The molecule has 2 aliphatic carbocycles. The minimum atomic E-state index is 0.379. The monoisotopic (exact) mass is 214 g/mol. The molecule has 1 aromatic heterocycles. The fraction of sp³-hybridized carbons (Fsp3) is 0.462. The van der Waals surface area contributed by atoms with Crippen molar-refractivity contribution in [3.05, 3.63) is 24.0 Å². The topological polar surface area (TPSA) is 38.1 Å². The molecule has 0 radical (unpaired) electrons. The lowest BCUT2D eigenvalue weighted by Gasteiger charge is -2.07. The van der Waals surface area contributed by atoms with Crippen molar-refractivity contribution in [1.82, 2.24) is 9.55 Å². The summed E-state index contributed by atoms with van der Waals surface area (Å²) in [6.45, 7) is 0. The summed E-state index contributed by atoms with van der Waals surface area (Å²) in [5, 5.41) is 9.98. The molecule has 1 heterocycles.